The van der Waals surface area contributed by atoms with Gasteiger partial charge in [0.1, 0.15) is 0 Å². The molecule has 0 atom stereocenters. The lowest BCUT2D eigenvalue weighted by Crippen LogP contribution is -2.31. The summed E-state index contributed by atoms with van der Waals surface area (Å²) >= 11 is 0. The third-order valence-electron chi connectivity index (χ3n) is 2.58. The number of esters is 1. The Bertz CT molecular complexity index is 538. The summed E-state index contributed by atoms with van der Waals surface area (Å²) in [6.45, 7) is -2.86. The zero-order valence-corrected chi connectivity index (χ0v) is 12.6. The third kappa shape index (κ3) is 6.47. The number of benzene rings is 1. The van der Waals surface area contributed by atoms with Crippen LogP contribution in [0.15, 0.2) is 18.2 Å². The second-order valence-corrected chi connectivity index (χ2v) is 4.16. The van der Waals surface area contributed by atoms with E-state index in [9.17, 15) is 18.4 Å². The zero-order chi connectivity index (χ0) is 17.2. The summed E-state index contributed by atoms with van der Waals surface area (Å²) < 4.78 is 43.1. The number of amides is 1. The van der Waals surface area contributed by atoms with Crippen LogP contribution < -0.4 is 14.8 Å². The highest BCUT2D eigenvalue weighted by Gasteiger charge is 2.15. The molecule has 0 radical (unpaired) electrons. The van der Waals surface area contributed by atoms with Crippen LogP contribution in [0.5, 0.6) is 11.5 Å². The van der Waals surface area contributed by atoms with Crippen molar-refractivity contribution in [3.05, 3.63) is 23.8 Å². The van der Waals surface area contributed by atoms with Gasteiger partial charge in [0.2, 0.25) is 0 Å². The normalized spacial score (nSPS) is 10.3. The largest absolute Gasteiger partial charge is 0.493 e. The van der Waals surface area contributed by atoms with Crippen LogP contribution in [0.1, 0.15) is 10.4 Å². The fourth-order valence-corrected chi connectivity index (χ4v) is 1.55. The first-order valence-electron chi connectivity index (χ1n) is 6.53. The molecule has 0 heterocycles. The first kappa shape index (κ1) is 18.6. The number of carbonyl (C=O) groups excluding carboxylic acids is 2. The van der Waals surface area contributed by atoms with Crippen molar-refractivity contribution in [1.29, 1.82) is 0 Å². The van der Waals surface area contributed by atoms with Gasteiger partial charge in [-0.2, -0.15) is 8.78 Å². The third-order valence-corrected chi connectivity index (χ3v) is 2.58. The van der Waals surface area contributed by atoms with Crippen LogP contribution in [0.3, 0.4) is 0 Å². The number of nitrogens with one attached hydrogen (secondary N) is 1. The monoisotopic (exact) mass is 333 g/mol. The van der Waals surface area contributed by atoms with Gasteiger partial charge in [0.05, 0.1) is 19.3 Å². The highest BCUT2D eigenvalue weighted by atomic mass is 19.3. The van der Waals surface area contributed by atoms with Crippen molar-refractivity contribution in [1.82, 2.24) is 5.32 Å². The number of carbonyl (C=O) groups is 2. The summed E-state index contributed by atoms with van der Waals surface area (Å²) in [5.74, 6) is -1.55. The van der Waals surface area contributed by atoms with Crippen molar-refractivity contribution in [2.75, 3.05) is 34.0 Å². The average molecular weight is 333 g/mol. The van der Waals surface area contributed by atoms with Crippen LogP contribution in [-0.4, -0.2) is 52.5 Å². The van der Waals surface area contributed by atoms with Gasteiger partial charge >= 0.3 is 12.6 Å². The lowest BCUT2D eigenvalue weighted by atomic mass is 10.2. The Morgan fingerprint density at radius 3 is 2.57 bits per heavy atom. The van der Waals surface area contributed by atoms with Gasteiger partial charge in [0.25, 0.3) is 5.91 Å². The molecule has 0 saturated heterocycles. The molecule has 9 heteroatoms. The molecular formula is C14H17F2NO6. The molecule has 0 aliphatic heterocycles. The second-order valence-electron chi connectivity index (χ2n) is 4.16. The van der Waals surface area contributed by atoms with Gasteiger partial charge < -0.3 is 24.3 Å². The average Bonchev–Trinajstić information content (AvgIpc) is 2.52. The van der Waals surface area contributed by atoms with Gasteiger partial charge in [-0.15, -0.1) is 0 Å². The van der Waals surface area contributed by atoms with Crippen molar-refractivity contribution in [2.45, 2.75) is 6.61 Å². The lowest BCUT2D eigenvalue weighted by molar-refractivity contribution is -0.124. The van der Waals surface area contributed by atoms with Crippen molar-refractivity contribution in [3.8, 4) is 11.5 Å². The molecule has 0 unspecified atom stereocenters. The Labute approximate surface area is 131 Å². The summed E-state index contributed by atoms with van der Waals surface area (Å²) in [5, 5.41) is 2.47. The maximum atomic E-state index is 12.2. The number of hydrogen-bond acceptors (Lipinski definition) is 6. The van der Waals surface area contributed by atoms with E-state index in [0.717, 1.165) is 6.07 Å². The molecule has 0 spiro atoms. The topological polar surface area (TPSA) is 83.1 Å². The molecule has 128 valence electrons. The first-order valence-corrected chi connectivity index (χ1v) is 6.53. The van der Waals surface area contributed by atoms with Crippen molar-refractivity contribution >= 4 is 11.9 Å². The summed E-state index contributed by atoms with van der Waals surface area (Å²) in [4.78, 5) is 23.2. The molecule has 7 nitrogen and oxygen atoms in total. The SMILES string of the molecule is COCCNC(=O)COC(=O)c1ccc(OC(F)F)c(OC)c1. The fraction of sp³-hybridized carbons (Fsp3) is 0.429. The summed E-state index contributed by atoms with van der Waals surface area (Å²) in [6.07, 6.45) is 0. The molecule has 1 aromatic carbocycles. The molecule has 0 fully saturated rings. The molecule has 0 aliphatic carbocycles. The molecule has 1 aromatic rings. The van der Waals surface area contributed by atoms with Gasteiger partial charge in [-0.1, -0.05) is 0 Å². The Morgan fingerprint density at radius 2 is 1.96 bits per heavy atom. The first-order chi connectivity index (χ1) is 11.0. The molecule has 0 bridgehead atoms. The Kier molecular flexibility index (Phi) is 7.75. The van der Waals surface area contributed by atoms with Crippen molar-refractivity contribution < 1.29 is 37.3 Å². The molecule has 0 saturated carbocycles. The number of methoxy groups -OCH3 is 2. The Balaban J connectivity index is 2.60. The molecule has 1 amide bonds. The fourth-order valence-electron chi connectivity index (χ4n) is 1.55. The molecule has 0 aromatic heterocycles. The van der Waals surface area contributed by atoms with Crippen LogP contribution in [0.2, 0.25) is 0 Å². The number of alkyl halides is 2. The maximum Gasteiger partial charge on any atom is 0.387 e. The Morgan fingerprint density at radius 1 is 1.22 bits per heavy atom. The smallest absolute Gasteiger partial charge is 0.387 e. The van der Waals surface area contributed by atoms with Crippen LogP contribution >= 0.6 is 0 Å². The van der Waals surface area contributed by atoms with Gasteiger partial charge in [0.15, 0.2) is 18.1 Å². The van der Waals surface area contributed by atoms with E-state index < -0.39 is 25.1 Å². The second kappa shape index (κ2) is 9.57. The van der Waals surface area contributed by atoms with E-state index in [4.69, 9.17) is 14.2 Å². The van der Waals surface area contributed by atoms with E-state index in [1.807, 2.05) is 0 Å². The van der Waals surface area contributed by atoms with E-state index in [1.54, 1.807) is 0 Å². The minimum Gasteiger partial charge on any atom is -0.493 e. The van der Waals surface area contributed by atoms with Crippen LogP contribution in [0, 0.1) is 0 Å². The van der Waals surface area contributed by atoms with Gasteiger partial charge in [-0.05, 0) is 18.2 Å². The van der Waals surface area contributed by atoms with Crippen LogP contribution in [0.25, 0.3) is 0 Å². The van der Waals surface area contributed by atoms with Gasteiger partial charge in [0, 0.05) is 13.7 Å². The van der Waals surface area contributed by atoms with Crippen LogP contribution in [0.4, 0.5) is 8.78 Å². The molecule has 1 N–H and O–H groups in total. The van der Waals surface area contributed by atoms with E-state index in [2.05, 4.69) is 10.1 Å². The summed E-state index contributed by atoms with van der Waals surface area (Å²) in [6, 6.07) is 3.56. The van der Waals surface area contributed by atoms with E-state index in [0.29, 0.717) is 13.2 Å². The molecular weight excluding hydrogens is 316 g/mol. The number of hydrogen-bond donors (Lipinski definition) is 1. The molecule has 1 rings (SSSR count). The predicted molar refractivity (Wildman–Crippen MR) is 74.8 cm³/mol. The van der Waals surface area contributed by atoms with Crippen molar-refractivity contribution in [2.24, 2.45) is 0 Å². The highest BCUT2D eigenvalue weighted by molar-refractivity contribution is 5.92. The summed E-state index contributed by atoms with van der Waals surface area (Å²) in [5.41, 5.74) is 0.0353. The molecule has 0 aliphatic rings. The minimum absolute atomic E-state index is 0.0353. The quantitative estimate of drug-likeness (QED) is 0.540. The predicted octanol–water partition coefficient (Wildman–Crippen LogP) is 1.22. The number of halogens is 2. The van der Waals surface area contributed by atoms with E-state index >= 15 is 0 Å². The number of ether oxygens (including phenoxy) is 4. The summed E-state index contributed by atoms with van der Waals surface area (Å²) in [7, 11) is 2.73. The van der Waals surface area contributed by atoms with E-state index in [-0.39, 0.29) is 17.1 Å². The van der Waals surface area contributed by atoms with Crippen LogP contribution in [-0.2, 0) is 14.3 Å². The number of rotatable bonds is 9. The minimum atomic E-state index is -3.02. The maximum absolute atomic E-state index is 12.2. The highest BCUT2D eigenvalue weighted by Crippen LogP contribution is 2.29. The molecule has 23 heavy (non-hydrogen) atoms. The zero-order valence-electron chi connectivity index (χ0n) is 12.6. The standard InChI is InChI=1S/C14H17F2NO6/c1-20-6-5-17-12(18)8-22-13(19)9-3-4-10(23-14(15)16)11(7-9)21-2/h3-4,7,14H,5-6,8H2,1-2H3,(H,17,18). The lowest BCUT2D eigenvalue weighted by Gasteiger charge is -2.11. The van der Waals surface area contributed by atoms with Crippen molar-refractivity contribution in [3.63, 3.8) is 0 Å². The van der Waals surface area contributed by atoms with Gasteiger partial charge in [-0.3, -0.25) is 4.79 Å². The Hall–Kier alpha value is -2.42. The van der Waals surface area contributed by atoms with E-state index in [1.165, 1.54) is 26.4 Å². The van der Waals surface area contributed by atoms with Gasteiger partial charge in [-0.25, -0.2) is 4.79 Å².